The van der Waals surface area contributed by atoms with Gasteiger partial charge in [-0.05, 0) is 49.4 Å². The first-order valence-electron chi connectivity index (χ1n) is 8.15. The first-order chi connectivity index (χ1) is 10.8. The maximum atomic E-state index is 4.34. The number of hydrogen-bond donors (Lipinski definition) is 0. The van der Waals surface area contributed by atoms with E-state index in [9.17, 15) is 0 Å². The van der Waals surface area contributed by atoms with Crippen LogP contribution in [-0.4, -0.2) is 16.9 Å². The maximum absolute atomic E-state index is 4.34. The van der Waals surface area contributed by atoms with E-state index in [0.29, 0.717) is 12.0 Å². The lowest BCUT2D eigenvalue weighted by Crippen LogP contribution is -2.30. The highest BCUT2D eigenvalue weighted by Crippen LogP contribution is 2.34. The lowest BCUT2D eigenvalue weighted by Gasteiger charge is -2.35. The summed E-state index contributed by atoms with van der Waals surface area (Å²) in [5, 5.41) is 0. The van der Waals surface area contributed by atoms with Gasteiger partial charge in [-0.1, -0.05) is 48.6 Å². The van der Waals surface area contributed by atoms with E-state index in [1.165, 1.54) is 30.4 Å². The second-order valence-electron chi connectivity index (χ2n) is 6.15. The number of aromatic nitrogens is 1. The van der Waals surface area contributed by atoms with E-state index < -0.39 is 0 Å². The molecule has 0 fully saturated rings. The van der Waals surface area contributed by atoms with Crippen LogP contribution in [0.4, 0.5) is 0 Å². The number of allylic oxidation sites excluding steroid dienone is 1. The van der Waals surface area contributed by atoms with Crippen LogP contribution in [0.3, 0.4) is 0 Å². The normalized spacial score (nSPS) is 19.3. The molecule has 2 nitrogen and oxygen atoms in total. The Kier molecular flexibility index (Phi) is 5.02. The minimum atomic E-state index is 0.394. The largest absolute Gasteiger partial charge is 0.294 e. The van der Waals surface area contributed by atoms with Crippen LogP contribution in [0.5, 0.6) is 0 Å². The summed E-state index contributed by atoms with van der Waals surface area (Å²) >= 11 is 0. The summed E-state index contributed by atoms with van der Waals surface area (Å²) in [6.07, 6.45) is 12.4. The van der Waals surface area contributed by atoms with E-state index in [0.717, 1.165) is 6.54 Å². The zero-order valence-corrected chi connectivity index (χ0v) is 13.2. The van der Waals surface area contributed by atoms with Gasteiger partial charge in [0, 0.05) is 25.0 Å². The average Bonchev–Trinajstić information content (AvgIpc) is 2.58. The predicted molar refractivity (Wildman–Crippen MR) is 91.4 cm³/mol. The molecule has 0 spiro atoms. The Labute approximate surface area is 133 Å². The third kappa shape index (κ3) is 3.63. The summed E-state index contributed by atoms with van der Waals surface area (Å²) in [4.78, 5) is 6.80. The Morgan fingerprint density at radius 3 is 2.73 bits per heavy atom. The van der Waals surface area contributed by atoms with Crippen LogP contribution in [0.25, 0.3) is 0 Å². The molecule has 0 saturated carbocycles. The van der Waals surface area contributed by atoms with Gasteiger partial charge in [0.25, 0.3) is 0 Å². The fourth-order valence-corrected chi connectivity index (χ4v) is 3.45. The van der Waals surface area contributed by atoms with Crippen molar-refractivity contribution in [3.05, 3.63) is 78.1 Å². The molecule has 1 aromatic carbocycles. The molecule has 1 aliphatic rings. The molecule has 2 atom stereocenters. The number of nitrogens with zero attached hydrogens (tertiary/aromatic N) is 2. The molecule has 2 heteroatoms. The number of benzene rings is 1. The SMILES string of the molecule is CN(Cc1ccccc1)C(c1cccnc1)C1C=CCCC1. The molecule has 0 bridgehead atoms. The Morgan fingerprint density at radius 2 is 2.05 bits per heavy atom. The average molecular weight is 292 g/mol. The lowest BCUT2D eigenvalue weighted by molar-refractivity contribution is 0.181. The van der Waals surface area contributed by atoms with Crippen molar-refractivity contribution in [2.45, 2.75) is 31.8 Å². The fraction of sp³-hybridized carbons (Fsp3) is 0.350. The minimum absolute atomic E-state index is 0.394. The topological polar surface area (TPSA) is 16.1 Å². The van der Waals surface area contributed by atoms with Gasteiger partial charge in [-0.2, -0.15) is 0 Å². The van der Waals surface area contributed by atoms with Crippen molar-refractivity contribution in [2.75, 3.05) is 7.05 Å². The molecule has 2 unspecified atom stereocenters. The Bertz CT molecular complexity index is 592. The van der Waals surface area contributed by atoms with Crippen molar-refractivity contribution >= 4 is 0 Å². The van der Waals surface area contributed by atoms with E-state index in [4.69, 9.17) is 0 Å². The van der Waals surface area contributed by atoms with Crippen molar-refractivity contribution in [3.8, 4) is 0 Å². The van der Waals surface area contributed by atoms with Crippen LogP contribution in [0.2, 0.25) is 0 Å². The molecule has 0 saturated heterocycles. The maximum Gasteiger partial charge on any atom is 0.0426 e. The molecule has 3 rings (SSSR count). The zero-order valence-electron chi connectivity index (χ0n) is 13.2. The van der Waals surface area contributed by atoms with E-state index in [1.54, 1.807) is 0 Å². The highest BCUT2D eigenvalue weighted by atomic mass is 15.1. The molecule has 0 N–H and O–H groups in total. The molecule has 114 valence electrons. The van der Waals surface area contributed by atoms with Gasteiger partial charge >= 0.3 is 0 Å². The zero-order chi connectivity index (χ0) is 15.2. The Hall–Kier alpha value is -1.93. The molecule has 2 aromatic rings. The molecule has 1 aromatic heterocycles. The number of rotatable bonds is 5. The van der Waals surface area contributed by atoms with E-state index in [1.807, 2.05) is 18.5 Å². The van der Waals surface area contributed by atoms with Crippen LogP contribution >= 0.6 is 0 Å². The predicted octanol–water partition coefficient (Wildman–Crippen LogP) is 4.61. The van der Waals surface area contributed by atoms with Gasteiger partial charge in [-0.15, -0.1) is 0 Å². The molecule has 1 heterocycles. The van der Waals surface area contributed by atoms with Gasteiger partial charge in [0.2, 0.25) is 0 Å². The molecular weight excluding hydrogens is 268 g/mol. The van der Waals surface area contributed by atoms with Crippen LogP contribution < -0.4 is 0 Å². The standard InChI is InChI=1S/C20H24N2/c1-22(16-17-9-4-2-5-10-17)20(18-11-6-3-7-12-18)19-13-8-14-21-15-19/h2,4-6,8-11,13-15,18,20H,3,7,12,16H2,1H3. The fourth-order valence-electron chi connectivity index (χ4n) is 3.45. The highest BCUT2D eigenvalue weighted by molar-refractivity contribution is 5.20. The second-order valence-corrected chi connectivity index (χ2v) is 6.15. The van der Waals surface area contributed by atoms with Crippen molar-refractivity contribution in [2.24, 2.45) is 5.92 Å². The van der Waals surface area contributed by atoms with Crippen LogP contribution in [-0.2, 0) is 6.54 Å². The van der Waals surface area contributed by atoms with E-state index in [-0.39, 0.29) is 0 Å². The van der Waals surface area contributed by atoms with E-state index in [2.05, 4.69) is 65.5 Å². The van der Waals surface area contributed by atoms with Gasteiger partial charge < -0.3 is 0 Å². The molecule has 0 aliphatic heterocycles. The van der Waals surface area contributed by atoms with Crippen LogP contribution in [0, 0.1) is 5.92 Å². The quantitative estimate of drug-likeness (QED) is 0.748. The van der Waals surface area contributed by atoms with Gasteiger partial charge in [-0.3, -0.25) is 9.88 Å². The van der Waals surface area contributed by atoms with Crippen LogP contribution in [0.15, 0.2) is 67.0 Å². The third-order valence-corrected chi connectivity index (χ3v) is 4.47. The summed E-state index contributed by atoms with van der Waals surface area (Å²) < 4.78 is 0. The summed E-state index contributed by atoms with van der Waals surface area (Å²) in [6, 6.07) is 15.4. The first-order valence-corrected chi connectivity index (χ1v) is 8.15. The third-order valence-electron chi connectivity index (χ3n) is 4.47. The first kappa shape index (κ1) is 15.0. The van der Waals surface area contributed by atoms with Crippen molar-refractivity contribution < 1.29 is 0 Å². The van der Waals surface area contributed by atoms with Crippen molar-refractivity contribution in [3.63, 3.8) is 0 Å². The molecule has 1 aliphatic carbocycles. The monoisotopic (exact) mass is 292 g/mol. The summed E-state index contributed by atoms with van der Waals surface area (Å²) in [7, 11) is 2.23. The second kappa shape index (κ2) is 7.37. The Balaban J connectivity index is 1.84. The minimum Gasteiger partial charge on any atom is -0.294 e. The van der Waals surface area contributed by atoms with Crippen molar-refractivity contribution in [1.82, 2.24) is 9.88 Å². The summed E-state index contributed by atoms with van der Waals surface area (Å²) in [5.41, 5.74) is 2.68. The molecular formula is C20H24N2. The van der Waals surface area contributed by atoms with E-state index >= 15 is 0 Å². The van der Waals surface area contributed by atoms with Gasteiger partial charge in [0.1, 0.15) is 0 Å². The molecule has 0 amide bonds. The summed E-state index contributed by atoms with van der Waals surface area (Å²) in [6.45, 7) is 0.963. The van der Waals surface area contributed by atoms with Gasteiger partial charge in [0.05, 0.1) is 0 Å². The lowest BCUT2D eigenvalue weighted by atomic mass is 9.85. The highest BCUT2D eigenvalue weighted by Gasteiger charge is 2.26. The number of pyridine rings is 1. The smallest absolute Gasteiger partial charge is 0.0426 e. The van der Waals surface area contributed by atoms with Crippen molar-refractivity contribution in [1.29, 1.82) is 0 Å². The number of hydrogen-bond acceptors (Lipinski definition) is 2. The molecule has 22 heavy (non-hydrogen) atoms. The summed E-state index contributed by atoms with van der Waals surface area (Å²) in [5.74, 6) is 0.576. The molecule has 0 radical (unpaired) electrons. The van der Waals surface area contributed by atoms with Gasteiger partial charge in [0.15, 0.2) is 0 Å². The van der Waals surface area contributed by atoms with Crippen LogP contribution in [0.1, 0.15) is 36.4 Å². The van der Waals surface area contributed by atoms with Gasteiger partial charge in [-0.25, -0.2) is 0 Å². The Morgan fingerprint density at radius 1 is 1.18 bits per heavy atom.